The lowest BCUT2D eigenvalue weighted by molar-refractivity contribution is 0.175. The Morgan fingerprint density at radius 2 is 1.33 bits per heavy atom. The van der Waals surface area contributed by atoms with Crippen molar-refractivity contribution < 1.29 is 0 Å². The summed E-state index contributed by atoms with van der Waals surface area (Å²) in [6.45, 7) is 5.70. The van der Waals surface area contributed by atoms with Crippen LogP contribution in [0.3, 0.4) is 0 Å². The largest absolute Gasteiger partial charge is 0.312 e. The number of nitrogens with zero attached hydrogens (tertiary/aromatic N) is 1. The van der Waals surface area contributed by atoms with Gasteiger partial charge in [-0.2, -0.15) is 0 Å². The van der Waals surface area contributed by atoms with E-state index >= 15 is 0 Å². The molecule has 0 aromatic heterocycles. The summed E-state index contributed by atoms with van der Waals surface area (Å²) in [6, 6.07) is 21.5. The number of hydrogen-bond acceptors (Lipinski definition) is 2. The quantitative estimate of drug-likeness (QED) is 0.807. The van der Waals surface area contributed by atoms with Crippen LogP contribution in [0.15, 0.2) is 60.7 Å². The third kappa shape index (κ3) is 6.82. The topological polar surface area (TPSA) is 15.3 Å². The van der Waals surface area contributed by atoms with Crippen molar-refractivity contribution in [2.75, 3.05) is 19.6 Å². The molecule has 1 aliphatic rings. The summed E-state index contributed by atoms with van der Waals surface area (Å²) in [5.74, 6) is 0.829. The Hall–Kier alpha value is -1.06. The summed E-state index contributed by atoms with van der Waals surface area (Å²) in [5, 5.41) is 3.62. The van der Waals surface area contributed by atoms with Crippen LogP contribution in [-0.4, -0.2) is 24.5 Å². The summed E-state index contributed by atoms with van der Waals surface area (Å²) in [5.41, 5.74) is 2.81. The first kappa shape index (κ1) is 21.0. The van der Waals surface area contributed by atoms with Crippen LogP contribution in [0.4, 0.5) is 0 Å². The zero-order chi connectivity index (χ0) is 15.0. The molecule has 0 amide bonds. The first-order valence-electron chi connectivity index (χ1n) is 8.41. The van der Waals surface area contributed by atoms with Crippen molar-refractivity contribution in [1.29, 1.82) is 0 Å². The minimum absolute atomic E-state index is 0. The highest BCUT2D eigenvalue weighted by atomic mass is 35.5. The van der Waals surface area contributed by atoms with E-state index in [-0.39, 0.29) is 24.8 Å². The smallest absolute Gasteiger partial charge is 0.0233 e. The zero-order valence-electron chi connectivity index (χ0n) is 14.1. The van der Waals surface area contributed by atoms with E-state index in [0.29, 0.717) is 0 Å². The molecule has 2 aromatic rings. The Balaban J connectivity index is 0.00000144. The molecule has 3 rings (SSSR count). The first-order valence-corrected chi connectivity index (χ1v) is 8.41. The number of rotatable bonds is 6. The summed E-state index contributed by atoms with van der Waals surface area (Å²) < 4.78 is 0. The fraction of sp³-hybridized carbons (Fsp3) is 0.400. The maximum absolute atomic E-state index is 3.62. The number of piperidine rings is 1. The van der Waals surface area contributed by atoms with Crippen LogP contribution in [0.1, 0.15) is 24.0 Å². The normalized spacial score (nSPS) is 15.3. The molecule has 132 valence electrons. The van der Waals surface area contributed by atoms with Crippen LogP contribution in [0, 0.1) is 5.92 Å². The molecule has 1 aliphatic heterocycles. The van der Waals surface area contributed by atoms with Crippen molar-refractivity contribution in [3.63, 3.8) is 0 Å². The molecule has 1 fully saturated rings. The molecule has 4 heteroatoms. The van der Waals surface area contributed by atoms with Crippen molar-refractivity contribution in [3.8, 4) is 0 Å². The molecule has 0 aliphatic carbocycles. The highest BCUT2D eigenvalue weighted by Crippen LogP contribution is 2.18. The molecule has 0 unspecified atom stereocenters. The standard InChI is InChI=1S/C20H26N2.2ClH/c1-3-7-18(8-4-1)15-21-16-19-11-13-22(14-12-19)17-20-9-5-2-6-10-20;;/h1-10,19,21H,11-17H2;2*1H. The molecule has 0 saturated carbocycles. The van der Waals surface area contributed by atoms with Gasteiger partial charge >= 0.3 is 0 Å². The number of benzene rings is 2. The zero-order valence-corrected chi connectivity index (χ0v) is 15.7. The molecule has 0 bridgehead atoms. The third-order valence-corrected chi connectivity index (χ3v) is 4.56. The van der Waals surface area contributed by atoms with Gasteiger partial charge < -0.3 is 5.32 Å². The summed E-state index contributed by atoms with van der Waals surface area (Å²) in [4.78, 5) is 2.59. The van der Waals surface area contributed by atoms with Crippen LogP contribution in [-0.2, 0) is 13.1 Å². The van der Waals surface area contributed by atoms with E-state index in [1.165, 1.54) is 37.1 Å². The first-order chi connectivity index (χ1) is 10.9. The SMILES string of the molecule is Cl.Cl.c1ccc(CNCC2CCN(Cc3ccccc3)CC2)cc1. The van der Waals surface area contributed by atoms with Crippen molar-refractivity contribution in [3.05, 3.63) is 71.8 Å². The molecule has 2 nitrogen and oxygen atoms in total. The van der Waals surface area contributed by atoms with Gasteiger partial charge in [0, 0.05) is 13.1 Å². The molecular weight excluding hydrogens is 339 g/mol. The molecule has 24 heavy (non-hydrogen) atoms. The van der Waals surface area contributed by atoms with Crippen LogP contribution < -0.4 is 5.32 Å². The minimum atomic E-state index is 0. The van der Waals surface area contributed by atoms with E-state index in [9.17, 15) is 0 Å². The van der Waals surface area contributed by atoms with Crippen LogP contribution >= 0.6 is 24.8 Å². The van der Waals surface area contributed by atoms with Gasteiger partial charge in [-0.25, -0.2) is 0 Å². The summed E-state index contributed by atoms with van der Waals surface area (Å²) >= 11 is 0. The van der Waals surface area contributed by atoms with Crippen molar-refractivity contribution >= 4 is 24.8 Å². The van der Waals surface area contributed by atoms with Gasteiger partial charge in [0.25, 0.3) is 0 Å². The van der Waals surface area contributed by atoms with Gasteiger partial charge in [0.2, 0.25) is 0 Å². The Bertz CT molecular complexity index is 540. The van der Waals surface area contributed by atoms with E-state index in [1.54, 1.807) is 0 Å². The fourth-order valence-corrected chi connectivity index (χ4v) is 3.21. The highest BCUT2D eigenvalue weighted by molar-refractivity contribution is 5.85. The van der Waals surface area contributed by atoms with E-state index < -0.39 is 0 Å². The molecule has 1 N–H and O–H groups in total. The fourth-order valence-electron chi connectivity index (χ4n) is 3.21. The third-order valence-electron chi connectivity index (χ3n) is 4.56. The average molecular weight is 367 g/mol. The molecule has 0 spiro atoms. The van der Waals surface area contributed by atoms with E-state index in [1.807, 2.05) is 0 Å². The predicted molar refractivity (Wildman–Crippen MR) is 107 cm³/mol. The number of likely N-dealkylation sites (tertiary alicyclic amines) is 1. The van der Waals surface area contributed by atoms with Gasteiger partial charge in [-0.15, -0.1) is 24.8 Å². The molecule has 2 aromatic carbocycles. The van der Waals surface area contributed by atoms with E-state index in [2.05, 4.69) is 70.9 Å². The van der Waals surface area contributed by atoms with Crippen LogP contribution in [0.25, 0.3) is 0 Å². The van der Waals surface area contributed by atoms with Gasteiger partial charge in [-0.1, -0.05) is 60.7 Å². The predicted octanol–water partition coefficient (Wildman–Crippen LogP) is 4.53. The van der Waals surface area contributed by atoms with Gasteiger partial charge in [0.1, 0.15) is 0 Å². The second-order valence-corrected chi connectivity index (χ2v) is 6.32. The lowest BCUT2D eigenvalue weighted by atomic mass is 9.96. The molecule has 0 radical (unpaired) electrons. The monoisotopic (exact) mass is 366 g/mol. The molecule has 1 saturated heterocycles. The number of hydrogen-bond donors (Lipinski definition) is 1. The Morgan fingerprint density at radius 1 is 0.792 bits per heavy atom. The Labute approximate surface area is 158 Å². The Morgan fingerprint density at radius 3 is 1.92 bits per heavy atom. The lowest BCUT2D eigenvalue weighted by Crippen LogP contribution is -2.36. The van der Waals surface area contributed by atoms with Crippen molar-refractivity contribution in [1.82, 2.24) is 10.2 Å². The van der Waals surface area contributed by atoms with Gasteiger partial charge in [-0.05, 0) is 49.5 Å². The second kappa shape index (κ2) is 11.5. The molecule has 1 heterocycles. The molecule has 0 atom stereocenters. The summed E-state index contributed by atoms with van der Waals surface area (Å²) in [7, 11) is 0. The highest BCUT2D eigenvalue weighted by Gasteiger charge is 2.18. The second-order valence-electron chi connectivity index (χ2n) is 6.32. The number of nitrogens with one attached hydrogen (secondary N) is 1. The van der Waals surface area contributed by atoms with Crippen LogP contribution in [0.2, 0.25) is 0 Å². The summed E-state index contributed by atoms with van der Waals surface area (Å²) in [6.07, 6.45) is 2.63. The van der Waals surface area contributed by atoms with Gasteiger partial charge in [0.05, 0.1) is 0 Å². The van der Waals surface area contributed by atoms with Crippen LogP contribution in [0.5, 0.6) is 0 Å². The van der Waals surface area contributed by atoms with E-state index in [4.69, 9.17) is 0 Å². The average Bonchev–Trinajstić information content (AvgIpc) is 2.58. The Kier molecular flexibility index (Phi) is 10.0. The number of halogens is 2. The molecular formula is C20H28Cl2N2. The van der Waals surface area contributed by atoms with Gasteiger partial charge in [0.15, 0.2) is 0 Å². The van der Waals surface area contributed by atoms with Gasteiger partial charge in [-0.3, -0.25) is 4.90 Å². The lowest BCUT2D eigenvalue weighted by Gasteiger charge is -2.32. The maximum Gasteiger partial charge on any atom is 0.0233 e. The maximum atomic E-state index is 3.62. The van der Waals surface area contributed by atoms with Crippen molar-refractivity contribution in [2.24, 2.45) is 5.92 Å². The minimum Gasteiger partial charge on any atom is -0.312 e. The van der Waals surface area contributed by atoms with E-state index in [0.717, 1.165) is 25.6 Å². The van der Waals surface area contributed by atoms with Crippen molar-refractivity contribution in [2.45, 2.75) is 25.9 Å².